The first kappa shape index (κ1) is 22.1. The fourth-order valence-corrected chi connectivity index (χ4v) is 6.53. The van der Waals surface area contributed by atoms with Crippen LogP contribution < -0.4 is 0 Å². The van der Waals surface area contributed by atoms with Gasteiger partial charge >= 0.3 is 0 Å². The van der Waals surface area contributed by atoms with Crippen molar-refractivity contribution in [1.29, 1.82) is 0 Å². The number of carbonyl (C=O) groups excluding carboxylic acids is 2. The number of sulfone groups is 1. The van der Waals surface area contributed by atoms with E-state index in [1.807, 2.05) is 28.0 Å². The minimum Gasteiger partial charge on any atom is -0.339 e. The summed E-state index contributed by atoms with van der Waals surface area (Å²) in [5.41, 5.74) is 2.11. The number of piperazine rings is 1. The Morgan fingerprint density at radius 2 is 1.52 bits per heavy atom. The molecule has 0 atom stereocenters. The zero-order valence-electron chi connectivity index (χ0n) is 19.0. The van der Waals surface area contributed by atoms with Crippen LogP contribution in [0.1, 0.15) is 49.4 Å². The average molecular weight is 467 g/mol. The lowest BCUT2D eigenvalue weighted by Crippen LogP contribution is -2.55. The van der Waals surface area contributed by atoms with Crippen molar-refractivity contribution in [1.82, 2.24) is 9.80 Å². The van der Waals surface area contributed by atoms with E-state index in [1.165, 1.54) is 0 Å². The van der Waals surface area contributed by atoms with E-state index in [9.17, 15) is 18.0 Å². The number of benzene rings is 2. The first-order chi connectivity index (χ1) is 15.8. The maximum Gasteiger partial charge on any atom is 0.253 e. The van der Waals surface area contributed by atoms with Gasteiger partial charge in [-0.2, -0.15) is 0 Å². The maximum absolute atomic E-state index is 13.0. The molecular weight excluding hydrogens is 436 g/mol. The molecule has 2 amide bonds. The first-order valence-electron chi connectivity index (χ1n) is 11.8. The van der Waals surface area contributed by atoms with E-state index < -0.39 is 9.84 Å². The first-order valence-corrected chi connectivity index (χ1v) is 13.4. The summed E-state index contributed by atoms with van der Waals surface area (Å²) in [5, 5.41) is -0.236. The number of rotatable bonds is 5. The Bertz CT molecular complexity index is 1170. The van der Waals surface area contributed by atoms with E-state index in [1.54, 1.807) is 30.3 Å². The molecule has 3 aliphatic rings. The van der Waals surface area contributed by atoms with Gasteiger partial charge in [0.05, 0.1) is 10.1 Å². The standard InChI is InChI=1S/C26H30N2O4S/c1-26(12-3-13-26)25(30)28-16-14-27(15-17-28)24(29)20-8-6-19(7-9-20)21-4-2-5-23(18-21)33(31,32)22-10-11-22/h2,4-9,18,22H,3,10-17H2,1H3. The molecule has 2 aromatic carbocycles. The van der Waals surface area contributed by atoms with Gasteiger partial charge < -0.3 is 9.80 Å². The Kier molecular flexibility index (Phi) is 5.55. The molecule has 0 unspecified atom stereocenters. The minimum absolute atomic E-state index is 0.0337. The van der Waals surface area contributed by atoms with Crippen LogP contribution in [0.2, 0.25) is 0 Å². The number of hydrogen-bond acceptors (Lipinski definition) is 4. The third kappa shape index (κ3) is 4.19. The molecule has 1 aliphatic heterocycles. The molecule has 2 aromatic rings. The fourth-order valence-electron chi connectivity index (χ4n) is 4.83. The van der Waals surface area contributed by atoms with Gasteiger partial charge in [0, 0.05) is 37.2 Å². The van der Waals surface area contributed by atoms with Gasteiger partial charge in [-0.05, 0) is 61.1 Å². The highest BCUT2D eigenvalue weighted by atomic mass is 32.2. The predicted molar refractivity (Wildman–Crippen MR) is 127 cm³/mol. The lowest BCUT2D eigenvalue weighted by Gasteiger charge is -2.43. The second-order valence-corrected chi connectivity index (χ2v) is 12.1. The fraction of sp³-hybridized carbons (Fsp3) is 0.462. The Balaban J connectivity index is 1.24. The molecule has 1 saturated heterocycles. The molecule has 0 N–H and O–H groups in total. The molecule has 0 bridgehead atoms. The third-order valence-corrected chi connectivity index (χ3v) is 9.68. The van der Waals surface area contributed by atoms with Crippen LogP contribution in [0, 0.1) is 5.41 Å². The summed E-state index contributed by atoms with van der Waals surface area (Å²) < 4.78 is 25.1. The van der Waals surface area contributed by atoms with Crippen molar-refractivity contribution in [3.63, 3.8) is 0 Å². The second kappa shape index (κ2) is 8.28. The van der Waals surface area contributed by atoms with Crippen molar-refractivity contribution in [2.75, 3.05) is 26.2 Å². The van der Waals surface area contributed by atoms with Crippen LogP contribution in [0.25, 0.3) is 11.1 Å². The van der Waals surface area contributed by atoms with Gasteiger partial charge in [0.2, 0.25) is 5.91 Å². The topological polar surface area (TPSA) is 74.8 Å². The molecule has 0 radical (unpaired) electrons. The summed E-state index contributed by atoms with van der Waals surface area (Å²) in [6, 6.07) is 14.4. The summed E-state index contributed by atoms with van der Waals surface area (Å²) in [4.78, 5) is 29.8. The van der Waals surface area contributed by atoms with E-state index >= 15 is 0 Å². The van der Waals surface area contributed by atoms with E-state index in [4.69, 9.17) is 0 Å². The zero-order chi connectivity index (χ0) is 23.2. The van der Waals surface area contributed by atoms with E-state index in [-0.39, 0.29) is 22.5 Å². The van der Waals surface area contributed by atoms with Gasteiger partial charge in [-0.25, -0.2) is 8.42 Å². The summed E-state index contributed by atoms with van der Waals surface area (Å²) in [5.74, 6) is 0.199. The molecule has 2 saturated carbocycles. The molecule has 174 valence electrons. The molecular formula is C26H30N2O4S. The van der Waals surface area contributed by atoms with Crippen molar-refractivity contribution in [3.05, 3.63) is 54.1 Å². The van der Waals surface area contributed by atoms with Crippen LogP contribution in [-0.4, -0.2) is 61.5 Å². The second-order valence-electron chi connectivity index (χ2n) is 9.85. The van der Waals surface area contributed by atoms with E-state index in [2.05, 4.69) is 6.92 Å². The third-order valence-electron chi connectivity index (χ3n) is 7.42. The Morgan fingerprint density at radius 1 is 0.879 bits per heavy atom. The Labute approximate surface area is 195 Å². The normalized spacial score (nSPS) is 20.3. The highest BCUT2D eigenvalue weighted by molar-refractivity contribution is 7.92. The zero-order valence-corrected chi connectivity index (χ0v) is 19.8. The average Bonchev–Trinajstić information content (AvgIpc) is 3.68. The molecule has 1 heterocycles. The highest BCUT2D eigenvalue weighted by Gasteiger charge is 2.42. The Morgan fingerprint density at radius 3 is 2.09 bits per heavy atom. The van der Waals surface area contributed by atoms with Crippen molar-refractivity contribution in [2.24, 2.45) is 5.41 Å². The quantitative estimate of drug-likeness (QED) is 0.672. The molecule has 5 rings (SSSR count). The summed E-state index contributed by atoms with van der Waals surface area (Å²) >= 11 is 0. The monoisotopic (exact) mass is 466 g/mol. The van der Waals surface area contributed by atoms with Crippen molar-refractivity contribution < 1.29 is 18.0 Å². The SMILES string of the molecule is CC1(C(=O)N2CCN(C(=O)c3ccc(-c4cccc(S(=O)(=O)C5CC5)c4)cc3)CC2)CCC1. The van der Waals surface area contributed by atoms with Gasteiger partial charge in [0.25, 0.3) is 5.91 Å². The van der Waals surface area contributed by atoms with Crippen LogP contribution >= 0.6 is 0 Å². The largest absolute Gasteiger partial charge is 0.339 e. The number of nitrogens with zero attached hydrogens (tertiary/aromatic N) is 2. The predicted octanol–water partition coefficient (Wildman–Crippen LogP) is 3.76. The van der Waals surface area contributed by atoms with E-state index in [0.29, 0.717) is 36.6 Å². The lowest BCUT2D eigenvalue weighted by atomic mass is 9.69. The molecule has 7 heteroatoms. The smallest absolute Gasteiger partial charge is 0.253 e. The van der Waals surface area contributed by atoms with Crippen molar-refractivity contribution >= 4 is 21.7 Å². The number of amides is 2. The molecule has 33 heavy (non-hydrogen) atoms. The molecule has 3 fully saturated rings. The van der Waals surface area contributed by atoms with Gasteiger partial charge in [-0.3, -0.25) is 9.59 Å². The molecule has 6 nitrogen and oxygen atoms in total. The maximum atomic E-state index is 13.0. The summed E-state index contributed by atoms with van der Waals surface area (Å²) in [6.07, 6.45) is 4.53. The summed E-state index contributed by atoms with van der Waals surface area (Å²) in [6.45, 7) is 4.31. The molecule has 0 spiro atoms. The van der Waals surface area contributed by atoms with Gasteiger partial charge in [0.1, 0.15) is 0 Å². The van der Waals surface area contributed by atoms with E-state index in [0.717, 1.165) is 43.2 Å². The van der Waals surface area contributed by atoms with Crippen LogP contribution in [0.3, 0.4) is 0 Å². The molecule has 0 aromatic heterocycles. The minimum atomic E-state index is -3.24. The number of hydrogen-bond donors (Lipinski definition) is 0. The lowest BCUT2D eigenvalue weighted by molar-refractivity contribution is -0.147. The van der Waals surface area contributed by atoms with Gasteiger partial charge in [-0.1, -0.05) is 37.6 Å². The van der Waals surface area contributed by atoms with Crippen LogP contribution in [0.15, 0.2) is 53.4 Å². The Hall–Kier alpha value is -2.67. The van der Waals surface area contributed by atoms with Gasteiger partial charge in [-0.15, -0.1) is 0 Å². The van der Waals surface area contributed by atoms with Crippen LogP contribution in [0.4, 0.5) is 0 Å². The summed E-state index contributed by atoms with van der Waals surface area (Å²) in [7, 11) is -3.24. The van der Waals surface area contributed by atoms with Gasteiger partial charge in [0.15, 0.2) is 9.84 Å². The van der Waals surface area contributed by atoms with Crippen molar-refractivity contribution in [2.45, 2.75) is 49.2 Å². The molecule has 2 aliphatic carbocycles. The van der Waals surface area contributed by atoms with Crippen molar-refractivity contribution in [3.8, 4) is 11.1 Å². The highest BCUT2D eigenvalue weighted by Crippen LogP contribution is 2.42. The van der Waals surface area contributed by atoms with Crippen LogP contribution in [-0.2, 0) is 14.6 Å². The van der Waals surface area contributed by atoms with Crippen LogP contribution in [0.5, 0.6) is 0 Å². The number of carbonyl (C=O) groups is 2.